The van der Waals surface area contributed by atoms with Crippen molar-refractivity contribution in [1.29, 1.82) is 0 Å². The number of piperidine rings is 1. The number of fused-ring (bicyclic) bond motifs is 1. The Bertz CT molecular complexity index is 432. The van der Waals surface area contributed by atoms with E-state index in [4.69, 9.17) is 5.73 Å². The van der Waals surface area contributed by atoms with Gasteiger partial charge in [0.2, 0.25) is 0 Å². The molecule has 1 fully saturated rings. The van der Waals surface area contributed by atoms with Gasteiger partial charge in [0, 0.05) is 30.4 Å². The molecule has 4 heteroatoms. The Morgan fingerprint density at radius 3 is 3.11 bits per heavy atom. The van der Waals surface area contributed by atoms with Crippen molar-refractivity contribution in [3.05, 3.63) is 17.6 Å². The summed E-state index contributed by atoms with van der Waals surface area (Å²) in [5, 5.41) is 0. The van der Waals surface area contributed by atoms with E-state index in [1.807, 2.05) is 0 Å². The van der Waals surface area contributed by atoms with Crippen LogP contribution >= 0.6 is 0 Å². The lowest BCUT2D eigenvalue weighted by Crippen LogP contribution is -2.47. The van der Waals surface area contributed by atoms with Crippen LogP contribution in [0.25, 0.3) is 0 Å². The summed E-state index contributed by atoms with van der Waals surface area (Å²) in [6.07, 6.45) is 7.63. The number of nitrogens with two attached hydrogens (primary N) is 1. The molecule has 2 atom stereocenters. The van der Waals surface area contributed by atoms with E-state index in [0.717, 1.165) is 31.8 Å². The van der Waals surface area contributed by atoms with E-state index in [-0.39, 0.29) is 0 Å². The van der Waals surface area contributed by atoms with E-state index < -0.39 is 0 Å². The lowest BCUT2D eigenvalue weighted by atomic mass is 9.92. The Morgan fingerprint density at radius 1 is 1.39 bits per heavy atom. The predicted octanol–water partition coefficient (Wildman–Crippen LogP) is 1.53. The van der Waals surface area contributed by atoms with Crippen molar-refractivity contribution in [2.75, 3.05) is 18.0 Å². The number of anilines is 1. The predicted molar refractivity (Wildman–Crippen MR) is 72.6 cm³/mol. The molecule has 2 heterocycles. The molecule has 0 aromatic carbocycles. The summed E-state index contributed by atoms with van der Waals surface area (Å²) in [6.45, 7) is 4.14. The van der Waals surface area contributed by atoms with Gasteiger partial charge < -0.3 is 10.6 Å². The van der Waals surface area contributed by atoms with Crippen LogP contribution in [0.4, 0.5) is 5.82 Å². The monoisotopic (exact) mass is 246 g/mol. The maximum Gasteiger partial charge on any atom is 0.135 e. The Labute approximate surface area is 109 Å². The molecule has 1 aromatic rings. The standard InChI is InChI=1S/C14H22N4/c1-10-5-6-18(11(7-10)8-15)14-12-3-2-4-13(12)16-9-17-14/h9-11H,2-8,15H2,1H3. The highest BCUT2D eigenvalue weighted by Gasteiger charge is 2.29. The van der Waals surface area contributed by atoms with Gasteiger partial charge in [-0.1, -0.05) is 6.92 Å². The van der Waals surface area contributed by atoms with Gasteiger partial charge in [-0.25, -0.2) is 9.97 Å². The van der Waals surface area contributed by atoms with Crippen LogP contribution in [0.2, 0.25) is 0 Å². The molecule has 0 amide bonds. The minimum atomic E-state index is 0.452. The number of hydrogen-bond donors (Lipinski definition) is 1. The molecular formula is C14H22N4. The molecule has 98 valence electrons. The van der Waals surface area contributed by atoms with E-state index in [0.29, 0.717) is 6.04 Å². The first kappa shape index (κ1) is 11.9. The second-order valence-electron chi connectivity index (χ2n) is 5.69. The maximum atomic E-state index is 5.95. The van der Waals surface area contributed by atoms with Gasteiger partial charge in [-0.15, -0.1) is 0 Å². The summed E-state index contributed by atoms with van der Waals surface area (Å²) in [7, 11) is 0. The van der Waals surface area contributed by atoms with Gasteiger partial charge in [-0.3, -0.25) is 0 Å². The molecule has 0 radical (unpaired) electrons. The summed E-state index contributed by atoms with van der Waals surface area (Å²) in [5.41, 5.74) is 8.59. The summed E-state index contributed by atoms with van der Waals surface area (Å²) < 4.78 is 0. The average Bonchev–Trinajstić information content (AvgIpc) is 2.86. The van der Waals surface area contributed by atoms with Crippen molar-refractivity contribution < 1.29 is 0 Å². The zero-order valence-electron chi connectivity index (χ0n) is 11.1. The molecule has 0 spiro atoms. The van der Waals surface area contributed by atoms with Crippen LogP contribution in [0.5, 0.6) is 0 Å². The van der Waals surface area contributed by atoms with Gasteiger partial charge in [0.15, 0.2) is 0 Å². The third-order valence-electron chi connectivity index (χ3n) is 4.37. The summed E-state index contributed by atoms with van der Waals surface area (Å²) in [6, 6.07) is 0.452. The van der Waals surface area contributed by atoms with Crippen molar-refractivity contribution in [3.8, 4) is 0 Å². The van der Waals surface area contributed by atoms with Gasteiger partial charge in [-0.2, -0.15) is 0 Å². The van der Waals surface area contributed by atoms with Gasteiger partial charge >= 0.3 is 0 Å². The molecule has 2 N–H and O–H groups in total. The van der Waals surface area contributed by atoms with Gasteiger partial charge in [0.1, 0.15) is 12.1 Å². The van der Waals surface area contributed by atoms with Crippen molar-refractivity contribution >= 4 is 5.82 Å². The second-order valence-corrected chi connectivity index (χ2v) is 5.69. The van der Waals surface area contributed by atoms with E-state index >= 15 is 0 Å². The first-order valence-electron chi connectivity index (χ1n) is 7.09. The minimum absolute atomic E-state index is 0.452. The largest absolute Gasteiger partial charge is 0.352 e. The molecule has 2 aliphatic rings. The zero-order valence-corrected chi connectivity index (χ0v) is 11.1. The highest BCUT2D eigenvalue weighted by Crippen LogP contribution is 2.32. The van der Waals surface area contributed by atoms with Crippen molar-refractivity contribution in [1.82, 2.24) is 9.97 Å². The normalized spacial score (nSPS) is 27.3. The molecule has 4 nitrogen and oxygen atoms in total. The van der Waals surface area contributed by atoms with Crippen molar-refractivity contribution in [3.63, 3.8) is 0 Å². The number of nitrogens with zero attached hydrogens (tertiary/aromatic N) is 3. The highest BCUT2D eigenvalue weighted by atomic mass is 15.2. The van der Waals surface area contributed by atoms with Crippen LogP contribution in [-0.2, 0) is 12.8 Å². The molecule has 1 aromatic heterocycles. The van der Waals surface area contributed by atoms with Gasteiger partial charge in [-0.05, 0) is 38.0 Å². The second kappa shape index (κ2) is 4.84. The highest BCUT2D eigenvalue weighted by molar-refractivity contribution is 5.51. The molecular weight excluding hydrogens is 224 g/mol. The lowest BCUT2D eigenvalue weighted by Gasteiger charge is -2.39. The van der Waals surface area contributed by atoms with Crippen LogP contribution in [0.1, 0.15) is 37.4 Å². The Kier molecular flexibility index (Phi) is 3.20. The van der Waals surface area contributed by atoms with Crippen molar-refractivity contribution in [2.24, 2.45) is 11.7 Å². The average molecular weight is 246 g/mol. The SMILES string of the molecule is CC1CCN(c2ncnc3c2CCC3)C(CN)C1. The van der Waals surface area contributed by atoms with Crippen LogP contribution < -0.4 is 10.6 Å². The van der Waals surface area contributed by atoms with Crippen LogP contribution in [0, 0.1) is 5.92 Å². The first-order valence-corrected chi connectivity index (χ1v) is 7.09. The Hall–Kier alpha value is -1.16. The fourth-order valence-corrected chi connectivity index (χ4v) is 3.34. The molecule has 1 aliphatic heterocycles. The first-order chi connectivity index (χ1) is 8.79. The van der Waals surface area contributed by atoms with Gasteiger partial charge in [0.25, 0.3) is 0 Å². The molecule has 1 aliphatic carbocycles. The van der Waals surface area contributed by atoms with Crippen molar-refractivity contribution in [2.45, 2.75) is 45.1 Å². The fourth-order valence-electron chi connectivity index (χ4n) is 3.34. The number of rotatable bonds is 2. The third kappa shape index (κ3) is 1.99. The summed E-state index contributed by atoms with van der Waals surface area (Å²) in [5.74, 6) is 1.95. The number of aryl methyl sites for hydroxylation is 1. The lowest BCUT2D eigenvalue weighted by molar-refractivity contribution is 0.364. The molecule has 18 heavy (non-hydrogen) atoms. The van der Waals surface area contributed by atoms with Gasteiger partial charge in [0.05, 0.1) is 0 Å². The number of hydrogen-bond acceptors (Lipinski definition) is 4. The fraction of sp³-hybridized carbons (Fsp3) is 0.714. The van der Waals surface area contributed by atoms with Crippen LogP contribution in [0.15, 0.2) is 6.33 Å². The van der Waals surface area contributed by atoms with E-state index in [9.17, 15) is 0 Å². The van der Waals surface area contributed by atoms with Crippen LogP contribution in [-0.4, -0.2) is 29.1 Å². The summed E-state index contributed by atoms with van der Waals surface area (Å²) >= 11 is 0. The summed E-state index contributed by atoms with van der Waals surface area (Å²) in [4.78, 5) is 11.4. The molecule has 3 rings (SSSR count). The Morgan fingerprint density at radius 2 is 2.28 bits per heavy atom. The number of aromatic nitrogens is 2. The maximum absolute atomic E-state index is 5.95. The van der Waals surface area contributed by atoms with Crippen LogP contribution in [0.3, 0.4) is 0 Å². The minimum Gasteiger partial charge on any atom is -0.352 e. The quantitative estimate of drug-likeness (QED) is 0.860. The van der Waals surface area contributed by atoms with E-state index in [1.165, 1.54) is 36.3 Å². The van der Waals surface area contributed by atoms with E-state index in [1.54, 1.807) is 6.33 Å². The molecule has 2 unspecified atom stereocenters. The third-order valence-corrected chi connectivity index (χ3v) is 4.37. The van der Waals surface area contributed by atoms with E-state index in [2.05, 4.69) is 21.8 Å². The molecule has 0 saturated carbocycles. The smallest absolute Gasteiger partial charge is 0.135 e. The topological polar surface area (TPSA) is 55.0 Å². The molecule has 0 bridgehead atoms. The zero-order chi connectivity index (χ0) is 12.5. The Balaban J connectivity index is 1.92. The molecule has 1 saturated heterocycles.